The van der Waals surface area contributed by atoms with Crippen molar-refractivity contribution in [1.29, 1.82) is 0 Å². The summed E-state index contributed by atoms with van der Waals surface area (Å²) in [6.07, 6.45) is 25.5. The summed E-state index contributed by atoms with van der Waals surface area (Å²) in [6.45, 7) is 9.74. The van der Waals surface area contributed by atoms with Crippen LogP contribution in [0.25, 0.3) is 0 Å². The van der Waals surface area contributed by atoms with E-state index < -0.39 is 15.6 Å². The Hall–Kier alpha value is -0.117. The minimum absolute atomic E-state index is 0. The Bertz CT molecular complexity index is 952. The van der Waals surface area contributed by atoms with Gasteiger partial charge in [-0.05, 0) is 110 Å². The summed E-state index contributed by atoms with van der Waals surface area (Å²) in [7, 11) is -5.96. The van der Waals surface area contributed by atoms with Crippen molar-refractivity contribution in [2.45, 2.75) is 133 Å². The fourth-order valence-electron chi connectivity index (χ4n) is 6.07. The number of halogens is 3. The normalized spacial score (nSPS) is 29.5. The maximum Gasteiger partial charge on any atom is 0.485 e. The van der Waals surface area contributed by atoms with Crippen LogP contribution < -0.4 is 10.6 Å². The van der Waals surface area contributed by atoms with E-state index in [1.807, 2.05) is 10.6 Å². The molecule has 1 aromatic rings. The Balaban J connectivity index is 0.000000407. The topological polar surface area (TPSA) is 57.2 Å². The van der Waals surface area contributed by atoms with Gasteiger partial charge >= 0.3 is 5.51 Å². The zero-order valence-electron chi connectivity index (χ0n) is 24.9. The van der Waals surface area contributed by atoms with E-state index >= 15 is 0 Å². The minimum Gasteiger partial charge on any atom is -0.741 e. The van der Waals surface area contributed by atoms with Crippen LogP contribution in [0.15, 0.2) is 48.6 Å². The molecule has 1 radical (unpaired) electrons. The first kappa shape index (κ1) is 38.9. The molecule has 0 aromatic heterocycles. The smallest absolute Gasteiger partial charge is 0.485 e. The third kappa shape index (κ3) is 11.7. The van der Waals surface area contributed by atoms with E-state index in [0.717, 1.165) is 22.6 Å². The fraction of sp³-hybridized carbons (Fsp3) is 0.677. The van der Waals surface area contributed by atoms with Crippen LogP contribution in [0.2, 0.25) is 0 Å². The maximum absolute atomic E-state index is 10.7. The van der Waals surface area contributed by atoms with E-state index in [9.17, 15) is 13.2 Å². The van der Waals surface area contributed by atoms with Gasteiger partial charge in [0.25, 0.3) is 0 Å². The number of hydrogen-bond donors (Lipinski definition) is 0. The van der Waals surface area contributed by atoms with Gasteiger partial charge in [-0.15, -0.1) is 0 Å². The van der Waals surface area contributed by atoms with E-state index in [1.165, 1.54) is 77.0 Å². The van der Waals surface area contributed by atoms with Gasteiger partial charge in [0.2, 0.25) is 0 Å². The third-order valence-corrected chi connectivity index (χ3v) is 16.5. The van der Waals surface area contributed by atoms with E-state index in [4.69, 9.17) is 13.0 Å². The van der Waals surface area contributed by atoms with Gasteiger partial charge in [-0.1, -0.05) is 92.1 Å². The second-order valence-electron chi connectivity index (χ2n) is 10.7. The summed E-state index contributed by atoms with van der Waals surface area (Å²) in [5.74, 6) is 0. The number of benzene rings is 1. The summed E-state index contributed by atoms with van der Waals surface area (Å²) >= 11 is 0. The molecule has 0 bridgehead atoms. The number of alkyl halides is 3. The molecule has 4 atom stereocenters. The fourth-order valence-corrected chi connectivity index (χ4v) is 14.0. The van der Waals surface area contributed by atoms with Crippen LogP contribution in [0, 0.1) is 0 Å². The Kier molecular flexibility index (Phi) is 18.3. The van der Waals surface area contributed by atoms with E-state index in [0.29, 0.717) is 0 Å². The van der Waals surface area contributed by atoms with E-state index in [-0.39, 0.29) is 35.3 Å². The first-order valence-electron chi connectivity index (χ1n) is 15.0. The first-order chi connectivity index (χ1) is 19.0. The second kappa shape index (κ2) is 19.3. The molecule has 2 aliphatic heterocycles. The molecular weight excluding hydrogens is 674 g/mol. The molecule has 3 nitrogen and oxygen atoms in total. The van der Waals surface area contributed by atoms with Crippen molar-refractivity contribution in [3.63, 3.8) is 0 Å². The minimum atomic E-state index is -6.09. The molecular formula is C31H48F3O3P2RhS-. The van der Waals surface area contributed by atoms with Gasteiger partial charge in [0, 0.05) is 19.5 Å². The van der Waals surface area contributed by atoms with Crippen molar-refractivity contribution in [3.8, 4) is 0 Å². The quantitative estimate of drug-likeness (QED) is 0.0968. The molecule has 0 amide bonds. The van der Waals surface area contributed by atoms with Gasteiger partial charge in [0.1, 0.15) is 0 Å². The van der Waals surface area contributed by atoms with E-state index in [2.05, 4.69) is 76.3 Å². The number of rotatable bonds is 6. The average molecular weight is 723 g/mol. The van der Waals surface area contributed by atoms with Crippen molar-refractivity contribution < 1.29 is 45.6 Å². The molecule has 0 spiro atoms. The van der Waals surface area contributed by atoms with Gasteiger partial charge in [-0.3, -0.25) is 0 Å². The van der Waals surface area contributed by atoms with Crippen LogP contribution in [-0.4, -0.2) is 41.1 Å². The molecule has 1 aromatic carbocycles. The molecule has 2 fully saturated rings. The van der Waals surface area contributed by atoms with Crippen molar-refractivity contribution in [2.75, 3.05) is 0 Å². The first-order valence-corrected chi connectivity index (χ1v) is 19.3. The van der Waals surface area contributed by atoms with Crippen molar-refractivity contribution in [1.82, 2.24) is 0 Å². The Morgan fingerprint density at radius 3 is 1.12 bits per heavy atom. The van der Waals surface area contributed by atoms with Gasteiger partial charge in [-0.25, -0.2) is 8.42 Å². The Morgan fingerprint density at radius 1 is 0.683 bits per heavy atom. The molecule has 4 rings (SSSR count). The molecule has 0 N–H and O–H groups in total. The van der Waals surface area contributed by atoms with Crippen molar-refractivity contribution in [3.05, 3.63) is 48.6 Å². The SMILES string of the molecule is C1=C\CC/C=C\CC/1.CCC1CCC(CC)P1c1ccccc1P1C(CC)CCC1CC.O=S(=O)([O-])C(F)(F)F.[Rh]. The van der Waals surface area contributed by atoms with Crippen LogP contribution in [0.5, 0.6) is 0 Å². The predicted octanol–water partition coefficient (Wildman–Crippen LogP) is 9.32. The molecule has 1 aliphatic carbocycles. The third-order valence-electron chi connectivity index (χ3n) is 8.18. The molecule has 10 heteroatoms. The van der Waals surface area contributed by atoms with Crippen LogP contribution in [-0.2, 0) is 29.6 Å². The van der Waals surface area contributed by atoms with Crippen molar-refractivity contribution >= 4 is 36.6 Å². The molecule has 0 saturated carbocycles. The van der Waals surface area contributed by atoms with E-state index in [1.54, 1.807) is 0 Å². The molecule has 41 heavy (non-hydrogen) atoms. The Labute approximate surface area is 262 Å². The monoisotopic (exact) mass is 722 g/mol. The van der Waals surface area contributed by atoms with Gasteiger partial charge in [0.15, 0.2) is 10.1 Å². The molecule has 3 aliphatic rings. The second-order valence-corrected chi connectivity index (χ2v) is 17.6. The summed E-state index contributed by atoms with van der Waals surface area (Å²) in [5, 5.41) is 3.68. The molecule has 4 unspecified atom stereocenters. The summed E-state index contributed by atoms with van der Waals surface area (Å²) in [4.78, 5) is 0. The van der Waals surface area contributed by atoms with Gasteiger partial charge < -0.3 is 4.55 Å². The van der Waals surface area contributed by atoms with Crippen LogP contribution in [0.3, 0.4) is 0 Å². The van der Waals surface area contributed by atoms with Crippen LogP contribution in [0.4, 0.5) is 13.2 Å². The van der Waals surface area contributed by atoms with Crippen molar-refractivity contribution in [2.24, 2.45) is 0 Å². The summed E-state index contributed by atoms with van der Waals surface area (Å²) in [6, 6.07) is 9.79. The zero-order valence-corrected chi connectivity index (χ0v) is 29.2. The van der Waals surface area contributed by atoms with Crippen LogP contribution in [0.1, 0.15) is 105 Å². The summed E-state index contributed by atoms with van der Waals surface area (Å²) in [5.41, 5.74) is -1.69. The largest absolute Gasteiger partial charge is 0.741 e. The molecule has 2 saturated heterocycles. The zero-order chi connectivity index (χ0) is 29.8. The predicted molar refractivity (Wildman–Crippen MR) is 167 cm³/mol. The van der Waals surface area contributed by atoms with Gasteiger partial charge in [-0.2, -0.15) is 13.2 Å². The molecule has 237 valence electrons. The van der Waals surface area contributed by atoms with Gasteiger partial charge in [0.05, 0.1) is 0 Å². The van der Waals surface area contributed by atoms with Crippen LogP contribution >= 0.6 is 15.8 Å². The number of hydrogen-bond acceptors (Lipinski definition) is 3. The summed E-state index contributed by atoms with van der Waals surface area (Å²) < 4.78 is 58.9. The number of allylic oxidation sites excluding steroid dienone is 4. The maximum atomic E-state index is 10.7. The Morgan fingerprint density at radius 2 is 0.927 bits per heavy atom. The average Bonchev–Trinajstić information content (AvgIpc) is 3.51. The standard InChI is InChI=1S/C22H36P2.C8H12.CHF3O3S.Rh/c1-5-17-13-14-18(6-2)23(17)21-11-9-10-12-22(21)24-19(7-3)15-16-20(24)8-4;1-2-4-6-8-7-5-3-1;2-1(3,4)8(5,6)7;/h9-12,17-20H,5-8,13-16H2,1-4H3;1-2,7-8H,3-6H2;(H,5,6,7);/p-1/b;2-1-,8-7-;;. The molecule has 2 heterocycles.